The van der Waals surface area contributed by atoms with E-state index in [0.717, 1.165) is 5.76 Å². The Balaban J connectivity index is 1.98. The van der Waals surface area contributed by atoms with Crippen molar-refractivity contribution in [1.29, 1.82) is 0 Å². The fourth-order valence-electron chi connectivity index (χ4n) is 1.74. The second-order valence-corrected chi connectivity index (χ2v) is 4.15. The van der Waals surface area contributed by atoms with E-state index in [-0.39, 0.29) is 11.8 Å². The van der Waals surface area contributed by atoms with Gasteiger partial charge in [0.2, 0.25) is 5.76 Å². The van der Waals surface area contributed by atoms with E-state index in [2.05, 4.69) is 5.32 Å². The molecule has 5 nitrogen and oxygen atoms in total. The topological polar surface area (TPSA) is 75.6 Å². The molecule has 0 unspecified atom stereocenters. The first-order valence-electron chi connectivity index (χ1n) is 5.67. The predicted molar refractivity (Wildman–Crippen MR) is 64.4 cm³/mol. The zero-order valence-electron chi connectivity index (χ0n) is 10.3. The smallest absolute Gasteiger partial charge is 0.372 e. The number of carboxylic acids is 1. The molecule has 0 spiro atoms. The highest BCUT2D eigenvalue weighted by atomic mass is 16.4. The molecule has 5 heteroatoms. The van der Waals surface area contributed by atoms with Gasteiger partial charge in [-0.3, -0.25) is 0 Å². The van der Waals surface area contributed by atoms with Crippen LogP contribution in [0.3, 0.4) is 0 Å². The standard InChI is InChI=1S/C13H15NO4/c1-8-6-10(18-12(8)13(15)16)7-14-9(2)11-4-3-5-17-11/h3-6,9,14H,7H2,1-2H3,(H,15,16)/t9-/m0/s1. The van der Waals surface area contributed by atoms with Crippen molar-refractivity contribution in [3.63, 3.8) is 0 Å². The molecule has 0 aliphatic rings. The van der Waals surface area contributed by atoms with Crippen LogP contribution in [0.2, 0.25) is 0 Å². The Morgan fingerprint density at radius 3 is 2.89 bits per heavy atom. The van der Waals surface area contributed by atoms with Crippen LogP contribution in [0, 0.1) is 6.92 Å². The molecule has 0 radical (unpaired) electrons. The van der Waals surface area contributed by atoms with Crippen molar-refractivity contribution >= 4 is 5.97 Å². The third-order valence-electron chi connectivity index (χ3n) is 2.72. The Morgan fingerprint density at radius 1 is 1.56 bits per heavy atom. The van der Waals surface area contributed by atoms with E-state index in [1.165, 1.54) is 0 Å². The average Bonchev–Trinajstić information content (AvgIpc) is 2.94. The van der Waals surface area contributed by atoms with Crippen molar-refractivity contribution in [3.8, 4) is 0 Å². The Bertz CT molecular complexity index is 527. The first-order valence-corrected chi connectivity index (χ1v) is 5.67. The average molecular weight is 249 g/mol. The molecule has 0 saturated carbocycles. The Morgan fingerprint density at radius 2 is 2.33 bits per heavy atom. The second kappa shape index (κ2) is 5.10. The number of aryl methyl sites for hydroxylation is 1. The van der Waals surface area contributed by atoms with Gasteiger partial charge in [-0.05, 0) is 32.0 Å². The fraction of sp³-hybridized carbons (Fsp3) is 0.308. The summed E-state index contributed by atoms with van der Waals surface area (Å²) in [5, 5.41) is 12.1. The summed E-state index contributed by atoms with van der Waals surface area (Å²) in [4.78, 5) is 10.8. The van der Waals surface area contributed by atoms with E-state index in [1.54, 1.807) is 19.3 Å². The zero-order chi connectivity index (χ0) is 13.1. The summed E-state index contributed by atoms with van der Waals surface area (Å²) in [5.74, 6) is 0.385. The monoisotopic (exact) mass is 249 g/mol. The maximum absolute atomic E-state index is 10.8. The lowest BCUT2D eigenvalue weighted by Crippen LogP contribution is -2.17. The van der Waals surface area contributed by atoms with Gasteiger partial charge in [0.25, 0.3) is 0 Å². The van der Waals surface area contributed by atoms with E-state index < -0.39 is 5.97 Å². The molecule has 2 N–H and O–H groups in total. The molecular formula is C13H15NO4. The maximum atomic E-state index is 10.8. The minimum absolute atomic E-state index is 0.00236. The molecule has 0 fully saturated rings. The third kappa shape index (κ3) is 2.62. The summed E-state index contributed by atoms with van der Waals surface area (Å²) in [7, 11) is 0. The van der Waals surface area contributed by atoms with Crippen LogP contribution in [0.15, 0.2) is 33.3 Å². The number of carbonyl (C=O) groups is 1. The van der Waals surface area contributed by atoms with Crippen LogP contribution >= 0.6 is 0 Å². The van der Waals surface area contributed by atoms with E-state index >= 15 is 0 Å². The van der Waals surface area contributed by atoms with Crippen molar-refractivity contribution in [3.05, 3.63) is 47.3 Å². The summed E-state index contributed by atoms with van der Waals surface area (Å²) in [6.07, 6.45) is 1.62. The van der Waals surface area contributed by atoms with Crippen LogP contribution in [0.1, 0.15) is 40.6 Å². The van der Waals surface area contributed by atoms with Gasteiger partial charge in [0.05, 0.1) is 18.8 Å². The van der Waals surface area contributed by atoms with Crippen molar-refractivity contribution in [2.24, 2.45) is 0 Å². The highest BCUT2D eigenvalue weighted by Crippen LogP contribution is 2.17. The number of furan rings is 2. The number of rotatable bonds is 5. The molecular weight excluding hydrogens is 234 g/mol. The third-order valence-corrected chi connectivity index (χ3v) is 2.72. The molecule has 2 aromatic heterocycles. The Kier molecular flexibility index (Phi) is 3.53. The minimum Gasteiger partial charge on any atom is -0.475 e. The zero-order valence-corrected chi connectivity index (χ0v) is 10.3. The highest BCUT2D eigenvalue weighted by molar-refractivity contribution is 5.86. The molecule has 2 aromatic rings. The summed E-state index contributed by atoms with van der Waals surface area (Å²) in [6.45, 7) is 4.13. The summed E-state index contributed by atoms with van der Waals surface area (Å²) < 4.78 is 10.5. The lowest BCUT2D eigenvalue weighted by atomic mass is 10.2. The first kappa shape index (κ1) is 12.4. The number of hydrogen-bond donors (Lipinski definition) is 2. The van der Waals surface area contributed by atoms with E-state index in [9.17, 15) is 4.79 Å². The highest BCUT2D eigenvalue weighted by Gasteiger charge is 2.15. The normalized spacial score (nSPS) is 12.6. The molecule has 2 rings (SSSR count). The van der Waals surface area contributed by atoms with Crippen molar-refractivity contribution < 1.29 is 18.7 Å². The van der Waals surface area contributed by atoms with Crippen LogP contribution in [0.5, 0.6) is 0 Å². The van der Waals surface area contributed by atoms with Gasteiger partial charge < -0.3 is 19.3 Å². The van der Waals surface area contributed by atoms with Gasteiger partial charge >= 0.3 is 5.97 Å². The van der Waals surface area contributed by atoms with Gasteiger partial charge in [-0.1, -0.05) is 0 Å². The number of aromatic carboxylic acids is 1. The molecule has 0 saturated heterocycles. The molecule has 1 atom stereocenters. The van der Waals surface area contributed by atoms with Gasteiger partial charge in [-0.15, -0.1) is 0 Å². The molecule has 96 valence electrons. The number of nitrogens with one attached hydrogen (secondary N) is 1. The van der Waals surface area contributed by atoms with Crippen molar-refractivity contribution in [2.45, 2.75) is 26.4 Å². The molecule has 0 amide bonds. The largest absolute Gasteiger partial charge is 0.475 e. The van der Waals surface area contributed by atoms with E-state index in [1.807, 2.05) is 19.1 Å². The van der Waals surface area contributed by atoms with Gasteiger partial charge in [-0.2, -0.15) is 0 Å². The summed E-state index contributed by atoms with van der Waals surface area (Å²) >= 11 is 0. The summed E-state index contributed by atoms with van der Waals surface area (Å²) in [5.41, 5.74) is 0.630. The fourth-order valence-corrected chi connectivity index (χ4v) is 1.74. The van der Waals surface area contributed by atoms with Gasteiger partial charge in [0, 0.05) is 5.56 Å². The lowest BCUT2D eigenvalue weighted by molar-refractivity contribution is 0.0659. The van der Waals surface area contributed by atoms with Gasteiger partial charge in [0.15, 0.2) is 0 Å². The molecule has 18 heavy (non-hydrogen) atoms. The molecule has 2 heterocycles. The van der Waals surface area contributed by atoms with Crippen LogP contribution in [0.25, 0.3) is 0 Å². The van der Waals surface area contributed by atoms with E-state index in [4.69, 9.17) is 13.9 Å². The quantitative estimate of drug-likeness (QED) is 0.852. The van der Waals surface area contributed by atoms with Crippen molar-refractivity contribution in [1.82, 2.24) is 5.32 Å². The van der Waals surface area contributed by atoms with E-state index in [0.29, 0.717) is 17.9 Å². The van der Waals surface area contributed by atoms with Crippen molar-refractivity contribution in [2.75, 3.05) is 0 Å². The Labute approximate surface area is 104 Å². The SMILES string of the molecule is Cc1cc(CN[C@@H](C)c2ccco2)oc1C(=O)O. The minimum atomic E-state index is -1.04. The molecule has 0 aromatic carbocycles. The maximum Gasteiger partial charge on any atom is 0.372 e. The first-order chi connectivity index (χ1) is 8.58. The molecule has 0 bridgehead atoms. The Hall–Kier alpha value is -2.01. The van der Waals surface area contributed by atoms with Crippen LogP contribution in [0.4, 0.5) is 0 Å². The van der Waals surface area contributed by atoms with Crippen LogP contribution < -0.4 is 5.32 Å². The second-order valence-electron chi connectivity index (χ2n) is 4.15. The van der Waals surface area contributed by atoms with Crippen LogP contribution in [-0.2, 0) is 6.54 Å². The van der Waals surface area contributed by atoms with Crippen LogP contribution in [-0.4, -0.2) is 11.1 Å². The lowest BCUT2D eigenvalue weighted by Gasteiger charge is -2.09. The molecule has 0 aliphatic carbocycles. The predicted octanol–water partition coefficient (Wildman–Crippen LogP) is 2.73. The number of hydrogen-bond acceptors (Lipinski definition) is 4. The van der Waals surface area contributed by atoms with Gasteiger partial charge in [-0.25, -0.2) is 4.79 Å². The number of carboxylic acid groups (broad SMARTS) is 1. The molecule has 0 aliphatic heterocycles. The summed E-state index contributed by atoms with van der Waals surface area (Å²) in [6, 6.07) is 5.48. The van der Waals surface area contributed by atoms with Gasteiger partial charge in [0.1, 0.15) is 11.5 Å².